The van der Waals surface area contributed by atoms with E-state index in [-0.39, 0.29) is 5.91 Å². The zero-order valence-electron chi connectivity index (χ0n) is 10.7. The Balaban J connectivity index is 2.09. The molecule has 1 aliphatic rings. The molecular weight excluding hydrogens is 294 g/mol. The molecule has 0 aliphatic carbocycles. The van der Waals surface area contributed by atoms with Gasteiger partial charge in [0.2, 0.25) is 0 Å². The fourth-order valence-electron chi connectivity index (χ4n) is 2.37. The summed E-state index contributed by atoms with van der Waals surface area (Å²) in [5.41, 5.74) is 3.57. The summed E-state index contributed by atoms with van der Waals surface area (Å²) in [4.78, 5) is 16.3. The molecule has 2 unspecified atom stereocenters. The van der Waals surface area contributed by atoms with Crippen LogP contribution in [-0.4, -0.2) is 28.0 Å². The van der Waals surface area contributed by atoms with Crippen molar-refractivity contribution in [2.24, 2.45) is 0 Å². The van der Waals surface area contributed by atoms with Crippen LogP contribution in [0, 0.1) is 0 Å². The van der Waals surface area contributed by atoms with Gasteiger partial charge in [0, 0.05) is 18.3 Å². The predicted molar refractivity (Wildman–Crippen MR) is 74.0 cm³/mol. The van der Waals surface area contributed by atoms with E-state index in [2.05, 4.69) is 45.2 Å². The van der Waals surface area contributed by atoms with Crippen molar-refractivity contribution in [3.05, 3.63) is 28.5 Å². The summed E-state index contributed by atoms with van der Waals surface area (Å²) in [7, 11) is 0. The molecule has 0 radical (unpaired) electrons. The van der Waals surface area contributed by atoms with Crippen LogP contribution < -0.4 is 5.43 Å². The van der Waals surface area contributed by atoms with Crippen molar-refractivity contribution in [3.8, 4) is 0 Å². The Morgan fingerprint density at radius 1 is 1.44 bits per heavy atom. The number of hydrazine groups is 1. The van der Waals surface area contributed by atoms with Gasteiger partial charge in [0.15, 0.2) is 0 Å². The molecule has 1 fully saturated rings. The van der Waals surface area contributed by atoms with E-state index in [1.54, 1.807) is 18.3 Å². The lowest BCUT2D eigenvalue weighted by Crippen LogP contribution is -2.54. The Hall–Kier alpha value is -0.940. The summed E-state index contributed by atoms with van der Waals surface area (Å²) < 4.78 is 0.583. The number of carbonyl (C=O) groups is 1. The molecule has 5 heteroatoms. The van der Waals surface area contributed by atoms with Crippen molar-refractivity contribution in [2.45, 2.75) is 45.2 Å². The molecule has 1 N–H and O–H groups in total. The van der Waals surface area contributed by atoms with Gasteiger partial charge in [-0.25, -0.2) is 9.99 Å². The first-order valence-corrected chi connectivity index (χ1v) is 7.08. The highest BCUT2D eigenvalue weighted by Crippen LogP contribution is 2.21. The summed E-state index contributed by atoms with van der Waals surface area (Å²) >= 11 is 3.30. The first-order chi connectivity index (χ1) is 8.59. The van der Waals surface area contributed by atoms with Gasteiger partial charge in [-0.2, -0.15) is 0 Å². The minimum absolute atomic E-state index is 0.101. The molecule has 0 spiro atoms. The Kier molecular flexibility index (Phi) is 4.35. The van der Waals surface area contributed by atoms with Crippen molar-refractivity contribution >= 4 is 21.8 Å². The van der Waals surface area contributed by atoms with E-state index in [9.17, 15) is 4.79 Å². The van der Waals surface area contributed by atoms with Gasteiger partial charge in [0.05, 0.1) is 5.56 Å². The minimum atomic E-state index is -0.101. The maximum atomic E-state index is 12.2. The highest BCUT2D eigenvalue weighted by atomic mass is 79.9. The number of pyridine rings is 1. The van der Waals surface area contributed by atoms with E-state index in [1.165, 1.54) is 6.42 Å². The average molecular weight is 312 g/mol. The standard InChI is InChI=1S/C13H18BrN3O/c1-9-5-3-6-10(2)17(9)16-13(18)11-7-4-8-15-12(11)14/h4,7-10H,3,5-6H2,1-2H3,(H,16,18). The van der Waals surface area contributed by atoms with Crippen LogP contribution in [0.1, 0.15) is 43.5 Å². The van der Waals surface area contributed by atoms with Crippen molar-refractivity contribution in [1.82, 2.24) is 15.4 Å². The van der Waals surface area contributed by atoms with E-state index in [1.807, 2.05) is 0 Å². The van der Waals surface area contributed by atoms with Gasteiger partial charge in [-0.15, -0.1) is 0 Å². The molecule has 0 saturated carbocycles. The zero-order chi connectivity index (χ0) is 13.1. The Labute approximate surface area is 116 Å². The second-order valence-electron chi connectivity index (χ2n) is 4.82. The number of halogens is 1. The molecule has 1 amide bonds. The highest BCUT2D eigenvalue weighted by molar-refractivity contribution is 9.10. The quantitative estimate of drug-likeness (QED) is 0.854. The van der Waals surface area contributed by atoms with Gasteiger partial charge in [0.25, 0.3) is 5.91 Å². The number of aromatic nitrogens is 1. The number of nitrogens with zero attached hydrogens (tertiary/aromatic N) is 2. The van der Waals surface area contributed by atoms with Gasteiger partial charge in [-0.05, 0) is 54.8 Å². The van der Waals surface area contributed by atoms with E-state index in [4.69, 9.17) is 0 Å². The van der Waals surface area contributed by atoms with Gasteiger partial charge < -0.3 is 0 Å². The molecule has 1 aliphatic heterocycles. The SMILES string of the molecule is CC1CCCC(C)N1NC(=O)c1cccnc1Br. The molecule has 0 aromatic carbocycles. The number of hydrogen-bond acceptors (Lipinski definition) is 3. The van der Waals surface area contributed by atoms with Crippen LogP contribution >= 0.6 is 15.9 Å². The van der Waals surface area contributed by atoms with Crippen molar-refractivity contribution in [1.29, 1.82) is 0 Å². The van der Waals surface area contributed by atoms with Gasteiger partial charge in [0.1, 0.15) is 4.60 Å². The molecule has 18 heavy (non-hydrogen) atoms. The van der Waals surface area contributed by atoms with Gasteiger partial charge in [-0.1, -0.05) is 6.42 Å². The topological polar surface area (TPSA) is 45.2 Å². The third-order valence-corrected chi connectivity index (χ3v) is 4.06. The number of rotatable bonds is 2. The van der Waals surface area contributed by atoms with Crippen LogP contribution in [-0.2, 0) is 0 Å². The van der Waals surface area contributed by atoms with E-state index < -0.39 is 0 Å². The maximum Gasteiger partial charge on any atom is 0.268 e. The summed E-state index contributed by atoms with van der Waals surface area (Å²) in [6.07, 6.45) is 5.13. The molecule has 1 aromatic heterocycles. The summed E-state index contributed by atoms with van der Waals surface area (Å²) in [5, 5.41) is 2.06. The predicted octanol–water partition coefficient (Wildman–Crippen LogP) is 2.75. The monoisotopic (exact) mass is 311 g/mol. The molecule has 2 rings (SSSR count). The second kappa shape index (κ2) is 5.80. The molecule has 98 valence electrons. The fourth-order valence-corrected chi connectivity index (χ4v) is 2.80. The minimum Gasteiger partial charge on any atom is -0.284 e. The largest absolute Gasteiger partial charge is 0.284 e. The smallest absolute Gasteiger partial charge is 0.268 e. The normalized spacial score (nSPS) is 24.8. The third kappa shape index (κ3) is 2.90. The van der Waals surface area contributed by atoms with Crippen molar-refractivity contribution < 1.29 is 4.79 Å². The van der Waals surface area contributed by atoms with Crippen LogP contribution in [0.5, 0.6) is 0 Å². The Morgan fingerprint density at radius 3 is 2.72 bits per heavy atom. The summed E-state index contributed by atoms with van der Waals surface area (Å²) in [6, 6.07) is 4.30. The molecule has 1 aromatic rings. The fraction of sp³-hybridized carbons (Fsp3) is 0.538. The lowest BCUT2D eigenvalue weighted by molar-refractivity contribution is 0.0369. The Bertz CT molecular complexity index is 428. The number of amides is 1. The molecule has 0 bridgehead atoms. The molecule has 1 saturated heterocycles. The lowest BCUT2D eigenvalue weighted by atomic mass is 10.00. The summed E-state index contributed by atoms with van der Waals surface area (Å²) in [6.45, 7) is 4.29. The van der Waals surface area contributed by atoms with Crippen molar-refractivity contribution in [2.75, 3.05) is 0 Å². The second-order valence-corrected chi connectivity index (χ2v) is 5.57. The number of hydrogen-bond donors (Lipinski definition) is 1. The van der Waals surface area contributed by atoms with E-state index in [0.717, 1.165) is 12.8 Å². The first-order valence-electron chi connectivity index (χ1n) is 6.29. The number of piperidine rings is 1. The van der Waals surface area contributed by atoms with Crippen LogP contribution in [0.25, 0.3) is 0 Å². The lowest BCUT2D eigenvalue weighted by Gasteiger charge is -2.38. The van der Waals surface area contributed by atoms with Gasteiger partial charge >= 0.3 is 0 Å². The average Bonchev–Trinajstić information content (AvgIpc) is 2.34. The number of carbonyl (C=O) groups excluding carboxylic acids is 1. The van der Waals surface area contributed by atoms with E-state index >= 15 is 0 Å². The van der Waals surface area contributed by atoms with Crippen LogP contribution in [0.2, 0.25) is 0 Å². The van der Waals surface area contributed by atoms with Crippen molar-refractivity contribution in [3.63, 3.8) is 0 Å². The van der Waals surface area contributed by atoms with Gasteiger partial charge in [-0.3, -0.25) is 10.2 Å². The van der Waals surface area contributed by atoms with Crippen LogP contribution in [0.4, 0.5) is 0 Å². The molecule has 2 atom stereocenters. The maximum absolute atomic E-state index is 12.2. The summed E-state index contributed by atoms with van der Waals surface area (Å²) in [5.74, 6) is -0.101. The first kappa shape index (κ1) is 13.5. The third-order valence-electron chi connectivity index (χ3n) is 3.43. The zero-order valence-corrected chi connectivity index (χ0v) is 12.3. The molecular formula is C13H18BrN3O. The molecule has 4 nitrogen and oxygen atoms in total. The Morgan fingerprint density at radius 2 is 2.11 bits per heavy atom. The van der Waals surface area contributed by atoms with E-state index in [0.29, 0.717) is 22.3 Å². The van der Waals surface area contributed by atoms with Crippen LogP contribution in [0.15, 0.2) is 22.9 Å². The number of nitrogens with one attached hydrogen (secondary N) is 1. The van der Waals surface area contributed by atoms with Crippen LogP contribution in [0.3, 0.4) is 0 Å². The highest BCUT2D eigenvalue weighted by Gasteiger charge is 2.26. The molecule has 2 heterocycles.